The fraction of sp³-hybridized carbons (Fsp3) is 0.107. The first kappa shape index (κ1) is 25.1. The Morgan fingerprint density at radius 2 is 1.70 bits per heavy atom. The monoisotopic (exact) mass is 496 g/mol. The molecule has 4 rings (SSSR count). The van der Waals surface area contributed by atoms with Gasteiger partial charge in [-0.2, -0.15) is 5.10 Å². The van der Waals surface area contributed by atoms with E-state index >= 15 is 0 Å². The lowest BCUT2D eigenvalue weighted by Gasteiger charge is -2.09. The minimum absolute atomic E-state index is 0.305. The van der Waals surface area contributed by atoms with Crippen molar-refractivity contribution in [1.82, 2.24) is 15.4 Å². The van der Waals surface area contributed by atoms with Gasteiger partial charge in [0.1, 0.15) is 5.75 Å². The van der Waals surface area contributed by atoms with Crippen LogP contribution in [0.4, 0.5) is 0 Å². The second-order valence-electron chi connectivity index (χ2n) is 7.79. The average Bonchev–Trinajstić information content (AvgIpc) is 2.93. The summed E-state index contributed by atoms with van der Waals surface area (Å²) < 4.78 is 15.9. The molecule has 1 N–H and O–H groups in total. The molecule has 4 aromatic rings. The lowest BCUT2D eigenvalue weighted by Crippen LogP contribution is -2.19. The summed E-state index contributed by atoms with van der Waals surface area (Å²) in [6.07, 6.45) is 2.92. The minimum Gasteiger partial charge on any atom is -0.493 e. The highest BCUT2D eigenvalue weighted by Crippen LogP contribution is 2.28. The molecule has 0 bridgehead atoms. The molecule has 0 radical (unpaired) electrons. The van der Waals surface area contributed by atoms with E-state index in [0.29, 0.717) is 45.5 Å². The Morgan fingerprint density at radius 3 is 2.43 bits per heavy atom. The molecule has 9 nitrogen and oxygen atoms in total. The van der Waals surface area contributed by atoms with Gasteiger partial charge in [-0.1, -0.05) is 42.5 Å². The molecule has 0 aliphatic carbocycles. The van der Waals surface area contributed by atoms with Gasteiger partial charge in [-0.05, 0) is 42.8 Å². The van der Waals surface area contributed by atoms with Crippen molar-refractivity contribution in [2.45, 2.75) is 6.92 Å². The first-order valence-electron chi connectivity index (χ1n) is 11.2. The summed E-state index contributed by atoms with van der Waals surface area (Å²) in [4.78, 5) is 33.9. The van der Waals surface area contributed by atoms with E-state index in [1.165, 1.54) is 26.6 Å². The van der Waals surface area contributed by atoms with Crippen LogP contribution in [0.2, 0.25) is 0 Å². The summed E-state index contributed by atoms with van der Waals surface area (Å²) in [7, 11) is 3.00. The van der Waals surface area contributed by atoms with Gasteiger partial charge < -0.3 is 14.2 Å². The van der Waals surface area contributed by atoms with Crippen LogP contribution in [0.25, 0.3) is 11.4 Å². The molecule has 0 saturated heterocycles. The van der Waals surface area contributed by atoms with Gasteiger partial charge in [0.2, 0.25) is 0 Å². The van der Waals surface area contributed by atoms with E-state index in [9.17, 15) is 9.59 Å². The van der Waals surface area contributed by atoms with Gasteiger partial charge >= 0.3 is 5.97 Å². The number of carbonyl (C=O) groups excluding carboxylic acids is 2. The molecular weight excluding hydrogens is 472 g/mol. The molecule has 37 heavy (non-hydrogen) atoms. The number of esters is 1. The molecule has 1 amide bonds. The largest absolute Gasteiger partial charge is 0.493 e. The standard InChI is InChI=1S/C28H24N4O5/c1-18-23(17-29-26(31-18)20-9-5-4-6-10-20)27(33)32-30-16-19-8-7-11-22(14-19)37-28(34)21-12-13-24(35-2)25(15-21)36-3/h4-17H,1-3H3,(H,32,33). The molecule has 0 atom stereocenters. The number of nitrogens with zero attached hydrogens (tertiary/aromatic N) is 3. The Balaban J connectivity index is 1.39. The highest BCUT2D eigenvalue weighted by Gasteiger charge is 2.14. The summed E-state index contributed by atoms with van der Waals surface area (Å²) in [5.41, 5.74) is 5.11. The maximum Gasteiger partial charge on any atom is 0.343 e. The summed E-state index contributed by atoms with van der Waals surface area (Å²) in [5.74, 6) is 0.785. The Bertz CT molecular complexity index is 1450. The van der Waals surface area contributed by atoms with Crippen molar-refractivity contribution in [2.24, 2.45) is 5.10 Å². The molecular formula is C28H24N4O5. The van der Waals surface area contributed by atoms with E-state index in [1.807, 2.05) is 30.3 Å². The van der Waals surface area contributed by atoms with Gasteiger partial charge in [-0.25, -0.2) is 20.2 Å². The number of hydrazone groups is 1. The maximum absolute atomic E-state index is 12.6. The molecule has 1 heterocycles. The van der Waals surface area contributed by atoms with Crippen LogP contribution in [0.1, 0.15) is 32.0 Å². The van der Waals surface area contributed by atoms with Crippen molar-refractivity contribution < 1.29 is 23.8 Å². The van der Waals surface area contributed by atoms with Crippen molar-refractivity contribution in [1.29, 1.82) is 0 Å². The lowest BCUT2D eigenvalue weighted by molar-refractivity contribution is 0.0734. The van der Waals surface area contributed by atoms with Crippen LogP contribution in [0.3, 0.4) is 0 Å². The van der Waals surface area contributed by atoms with Crippen molar-refractivity contribution in [2.75, 3.05) is 14.2 Å². The summed E-state index contributed by atoms with van der Waals surface area (Å²) >= 11 is 0. The van der Waals surface area contributed by atoms with E-state index in [-0.39, 0.29) is 0 Å². The molecule has 9 heteroatoms. The van der Waals surface area contributed by atoms with Gasteiger partial charge in [0.15, 0.2) is 17.3 Å². The summed E-state index contributed by atoms with van der Waals surface area (Å²) in [5, 5.41) is 4.01. The number of rotatable bonds is 8. The average molecular weight is 497 g/mol. The van der Waals surface area contributed by atoms with E-state index < -0.39 is 11.9 Å². The Labute approximate surface area is 213 Å². The van der Waals surface area contributed by atoms with Gasteiger partial charge in [-0.15, -0.1) is 0 Å². The van der Waals surface area contributed by atoms with E-state index in [1.54, 1.807) is 49.4 Å². The summed E-state index contributed by atoms with van der Waals surface area (Å²) in [6.45, 7) is 1.74. The Morgan fingerprint density at radius 1 is 0.919 bits per heavy atom. The molecule has 1 aromatic heterocycles. The number of carbonyl (C=O) groups is 2. The first-order valence-corrected chi connectivity index (χ1v) is 11.2. The number of aromatic nitrogens is 2. The molecule has 0 spiro atoms. The van der Waals surface area contributed by atoms with Gasteiger partial charge in [0.05, 0.1) is 37.3 Å². The van der Waals surface area contributed by atoms with Crippen molar-refractivity contribution in [3.63, 3.8) is 0 Å². The zero-order chi connectivity index (χ0) is 26.2. The minimum atomic E-state index is -0.558. The van der Waals surface area contributed by atoms with E-state index in [0.717, 1.165) is 5.56 Å². The number of aryl methyl sites for hydroxylation is 1. The highest BCUT2D eigenvalue weighted by molar-refractivity contribution is 5.96. The van der Waals surface area contributed by atoms with Crippen LogP contribution >= 0.6 is 0 Å². The maximum atomic E-state index is 12.6. The topological polar surface area (TPSA) is 112 Å². The normalized spacial score (nSPS) is 10.7. The number of methoxy groups -OCH3 is 2. The smallest absolute Gasteiger partial charge is 0.343 e. The molecule has 3 aromatic carbocycles. The van der Waals surface area contributed by atoms with Crippen LogP contribution in [0.15, 0.2) is 84.1 Å². The molecule has 0 aliphatic heterocycles. The predicted molar refractivity (Wildman–Crippen MR) is 138 cm³/mol. The number of hydrogen-bond donors (Lipinski definition) is 1. The molecule has 0 saturated carbocycles. The van der Waals surface area contributed by atoms with Crippen molar-refractivity contribution in [3.8, 4) is 28.6 Å². The van der Waals surface area contributed by atoms with Crippen LogP contribution in [-0.4, -0.2) is 42.3 Å². The molecule has 0 fully saturated rings. The predicted octanol–water partition coefficient (Wildman–Crippen LogP) is 4.45. The fourth-order valence-electron chi connectivity index (χ4n) is 3.43. The van der Waals surface area contributed by atoms with Crippen LogP contribution in [0, 0.1) is 6.92 Å². The second-order valence-corrected chi connectivity index (χ2v) is 7.79. The van der Waals surface area contributed by atoms with Crippen LogP contribution < -0.4 is 19.6 Å². The first-order chi connectivity index (χ1) is 18.0. The number of nitrogens with one attached hydrogen (secondary N) is 1. The number of amides is 1. The zero-order valence-corrected chi connectivity index (χ0v) is 20.5. The number of hydrogen-bond acceptors (Lipinski definition) is 8. The SMILES string of the molecule is COc1ccc(C(=O)Oc2cccc(C=NNC(=O)c3cnc(-c4ccccc4)nc3C)c2)cc1OC. The fourth-order valence-corrected chi connectivity index (χ4v) is 3.43. The molecule has 0 aliphatic rings. The van der Waals surface area contributed by atoms with Gasteiger partial charge in [-0.3, -0.25) is 4.79 Å². The summed E-state index contributed by atoms with van der Waals surface area (Å²) in [6, 6.07) is 21.0. The van der Waals surface area contributed by atoms with Crippen molar-refractivity contribution >= 4 is 18.1 Å². The van der Waals surface area contributed by atoms with Crippen molar-refractivity contribution in [3.05, 3.63) is 101 Å². The van der Waals surface area contributed by atoms with Gasteiger partial charge in [0.25, 0.3) is 5.91 Å². The Kier molecular flexibility index (Phi) is 7.85. The van der Waals surface area contributed by atoms with Crippen LogP contribution in [0.5, 0.6) is 17.2 Å². The number of ether oxygens (including phenoxy) is 3. The van der Waals surface area contributed by atoms with Crippen LogP contribution in [-0.2, 0) is 0 Å². The van der Waals surface area contributed by atoms with Gasteiger partial charge in [0, 0.05) is 11.8 Å². The third kappa shape index (κ3) is 6.15. The highest BCUT2D eigenvalue weighted by atomic mass is 16.5. The van der Waals surface area contributed by atoms with E-state index in [4.69, 9.17) is 14.2 Å². The third-order valence-corrected chi connectivity index (χ3v) is 5.32. The second kappa shape index (κ2) is 11.6. The molecule has 0 unspecified atom stereocenters. The number of benzene rings is 3. The third-order valence-electron chi connectivity index (χ3n) is 5.32. The zero-order valence-electron chi connectivity index (χ0n) is 20.5. The molecule has 186 valence electrons. The quantitative estimate of drug-likeness (QED) is 0.166. The lowest BCUT2D eigenvalue weighted by atomic mass is 10.2. The van der Waals surface area contributed by atoms with E-state index in [2.05, 4.69) is 20.5 Å². The Hall–Kier alpha value is -5.05.